The first kappa shape index (κ1) is 28.3. The fraction of sp³-hybridized carbons (Fsp3) is 0. The summed E-state index contributed by atoms with van der Waals surface area (Å²) in [6.07, 6.45) is 0. The zero-order chi connectivity index (χ0) is 31.4. The lowest BCUT2D eigenvalue weighted by Crippen LogP contribution is -2.11. The molecule has 0 spiro atoms. The van der Waals surface area contributed by atoms with E-state index in [1.807, 2.05) is 0 Å². The fourth-order valence-corrected chi connectivity index (χ4v) is 6.56. The first-order valence-electron chi connectivity index (χ1n) is 16.1. The van der Waals surface area contributed by atoms with E-state index in [9.17, 15) is 0 Å². The minimum absolute atomic E-state index is 1.11. The van der Waals surface area contributed by atoms with Crippen LogP contribution in [0.3, 0.4) is 0 Å². The van der Waals surface area contributed by atoms with E-state index >= 15 is 0 Å². The quantitative estimate of drug-likeness (QED) is 0.176. The van der Waals surface area contributed by atoms with Gasteiger partial charge in [0.05, 0.1) is 5.69 Å². The molecule has 0 fully saturated rings. The number of hydrogen-bond acceptors (Lipinski definition) is 1. The largest absolute Gasteiger partial charge is 0.310 e. The lowest BCUT2D eigenvalue weighted by Gasteiger charge is -2.28. The smallest absolute Gasteiger partial charge is 0.0540 e. The van der Waals surface area contributed by atoms with Crippen molar-refractivity contribution >= 4 is 27.8 Å². The highest BCUT2D eigenvalue weighted by Crippen LogP contribution is 2.42. The Morgan fingerprint density at radius 2 is 0.787 bits per heavy atom. The van der Waals surface area contributed by atoms with Crippen LogP contribution in [0.5, 0.6) is 0 Å². The summed E-state index contributed by atoms with van der Waals surface area (Å²) in [5.41, 5.74) is 13.0. The van der Waals surface area contributed by atoms with Crippen LogP contribution in [-0.2, 0) is 0 Å². The van der Waals surface area contributed by atoms with Crippen molar-refractivity contribution in [1.82, 2.24) is 0 Å². The van der Waals surface area contributed by atoms with Gasteiger partial charge < -0.3 is 4.90 Å². The highest BCUT2D eigenvalue weighted by Gasteiger charge is 2.18. The van der Waals surface area contributed by atoms with Gasteiger partial charge in [-0.05, 0) is 86.1 Å². The van der Waals surface area contributed by atoms with E-state index < -0.39 is 0 Å². The van der Waals surface area contributed by atoms with Gasteiger partial charge in [-0.3, -0.25) is 0 Å². The van der Waals surface area contributed by atoms with E-state index in [1.54, 1.807) is 0 Å². The van der Waals surface area contributed by atoms with Crippen LogP contribution in [0.25, 0.3) is 55.3 Å². The van der Waals surface area contributed by atoms with Crippen molar-refractivity contribution < 1.29 is 0 Å². The summed E-state index contributed by atoms with van der Waals surface area (Å²) in [6, 6.07) is 71.8. The van der Waals surface area contributed by atoms with Gasteiger partial charge in [-0.25, -0.2) is 0 Å². The van der Waals surface area contributed by atoms with Gasteiger partial charge in [-0.15, -0.1) is 0 Å². The van der Waals surface area contributed by atoms with E-state index in [1.165, 1.54) is 55.3 Å². The van der Waals surface area contributed by atoms with E-state index in [0.29, 0.717) is 0 Å². The van der Waals surface area contributed by atoms with Crippen molar-refractivity contribution in [2.45, 2.75) is 0 Å². The normalized spacial score (nSPS) is 11.0. The molecule has 1 heteroatoms. The van der Waals surface area contributed by atoms with Crippen molar-refractivity contribution in [1.29, 1.82) is 0 Å². The van der Waals surface area contributed by atoms with Crippen molar-refractivity contribution in [3.8, 4) is 44.5 Å². The molecule has 8 aromatic rings. The second-order valence-electron chi connectivity index (χ2n) is 11.8. The Morgan fingerprint density at radius 1 is 0.277 bits per heavy atom. The molecule has 0 N–H and O–H groups in total. The average Bonchev–Trinajstić information content (AvgIpc) is 3.16. The number of nitrogens with zero attached hydrogens (tertiary/aromatic N) is 1. The maximum absolute atomic E-state index is 2.37. The van der Waals surface area contributed by atoms with Crippen LogP contribution in [0.1, 0.15) is 0 Å². The minimum Gasteiger partial charge on any atom is -0.310 e. The molecule has 0 aliphatic rings. The Hall–Kier alpha value is -6.18. The summed E-state index contributed by atoms with van der Waals surface area (Å²) < 4.78 is 0. The molecule has 0 aliphatic heterocycles. The van der Waals surface area contributed by atoms with Gasteiger partial charge in [0, 0.05) is 16.9 Å². The van der Waals surface area contributed by atoms with E-state index in [4.69, 9.17) is 0 Å². The number of hydrogen-bond donors (Lipinski definition) is 0. The third-order valence-corrected chi connectivity index (χ3v) is 8.86. The maximum atomic E-state index is 2.37. The molecule has 0 saturated carbocycles. The molecule has 0 bridgehead atoms. The molecule has 0 radical (unpaired) electrons. The predicted molar refractivity (Wildman–Crippen MR) is 200 cm³/mol. The molecule has 0 unspecified atom stereocenters. The van der Waals surface area contributed by atoms with Crippen LogP contribution in [0.15, 0.2) is 200 Å². The second-order valence-corrected chi connectivity index (χ2v) is 11.8. The Labute approximate surface area is 276 Å². The molecule has 0 saturated heterocycles. The molecule has 222 valence electrons. The molecular weight excluding hydrogens is 567 g/mol. The summed E-state index contributed by atoms with van der Waals surface area (Å²) in [7, 11) is 0. The third-order valence-electron chi connectivity index (χ3n) is 8.86. The molecule has 0 atom stereocenters. The van der Waals surface area contributed by atoms with Gasteiger partial charge in [-0.1, -0.05) is 164 Å². The number of para-hydroxylation sites is 2. The molecule has 0 amide bonds. The lowest BCUT2D eigenvalue weighted by atomic mass is 9.95. The SMILES string of the molecule is c1ccc(-c2ccc(-c3ccccc3N(c3ccccc3)c3cccc(-c4cccc(-c5cccc6ccccc56)c4)c3)cc2)cc1. The Kier molecular flexibility index (Phi) is 7.63. The van der Waals surface area contributed by atoms with Crippen molar-refractivity contribution in [2.24, 2.45) is 0 Å². The molecule has 8 aromatic carbocycles. The zero-order valence-electron chi connectivity index (χ0n) is 26.0. The van der Waals surface area contributed by atoms with Gasteiger partial charge in [0.25, 0.3) is 0 Å². The summed E-state index contributed by atoms with van der Waals surface area (Å²) >= 11 is 0. The lowest BCUT2D eigenvalue weighted by molar-refractivity contribution is 1.28. The van der Waals surface area contributed by atoms with Crippen LogP contribution in [0.4, 0.5) is 17.1 Å². The van der Waals surface area contributed by atoms with Crippen molar-refractivity contribution in [3.63, 3.8) is 0 Å². The Morgan fingerprint density at radius 3 is 1.62 bits per heavy atom. The van der Waals surface area contributed by atoms with Gasteiger partial charge in [0.2, 0.25) is 0 Å². The standard InChI is InChI=1S/C46H33N/c1-3-14-34(15-4-1)35-28-30-37(31-29-35)45-25-9-10-27-46(45)47(41-21-5-2-6-22-41)42-23-12-19-39(33-42)38-18-11-20-40(32-38)44-26-13-17-36-16-7-8-24-43(36)44/h1-33H. The predicted octanol–water partition coefficient (Wildman–Crippen LogP) is 13.0. The number of anilines is 3. The van der Waals surface area contributed by atoms with Gasteiger partial charge in [0.1, 0.15) is 0 Å². The summed E-state index contributed by atoms with van der Waals surface area (Å²) in [5, 5.41) is 2.52. The molecular formula is C46H33N. The maximum Gasteiger partial charge on any atom is 0.0540 e. The van der Waals surface area contributed by atoms with Gasteiger partial charge in [0.15, 0.2) is 0 Å². The summed E-state index contributed by atoms with van der Waals surface area (Å²) in [6.45, 7) is 0. The Balaban J connectivity index is 1.21. The fourth-order valence-electron chi connectivity index (χ4n) is 6.56. The first-order chi connectivity index (χ1) is 23.3. The van der Waals surface area contributed by atoms with Gasteiger partial charge >= 0.3 is 0 Å². The van der Waals surface area contributed by atoms with Crippen molar-refractivity contribution in [3.05, 3.63) is 200 Å². The van der Waals surface area contributed by atoms with Crippen LogP contribution < -0.4 is 4.90 Å². The van der Waals surface area contributed by atoms with Crippen molar-refractivity contribution in [2.75, 3.05) is 4.90 Å². The molecule has 0 aromatic heterocycles. The monoisotopic (exact) mass is 599 g/mol. The third kappa shape index (κ3) is 5.72. The highest BCUT2D eigenvalue weighted by atomic mass is 15.1. The summed E-state index contributed by atoms with van der Waals surface area (Å²) in [5.74, 6) is 0. The minimum atomic E-state index is 1.11. The number of fused-ring (bicyclic) bond motifs is 1. The summed E-state index contributed by atoms with van der Waals surface area (Å²) in [4.78, 5) is 2.37. The highest BCUT2D eigenvalue weighted by molar-refractivity contribution is 5.97. The van der Waals surface area contributed by atoms with Crippen LogP contribution in [-0.4, -0.2) is 0 Å². The van der Waals surface area contributed by atoms with Gasteiger partial charge in [-0.2, -0.15) is 0 Å². The molecule has 0 heterocycles. The molecule has 8 rings (SSSR count). The van der Waals surface area contributed by atoms with E-state index in [-0.39, 0.29) is 0 Å². The number of rotatable bonds is 7. The molecule has 0 aliphatic carbocycles. The van der Waals surface area contributed by atoms with E-state index in [0.717, 1.165) is 17.1 Å². The van der Waals surface area contributed by atoms with Crippen LogP contribution in [0, 0.1) is 0 Å². The number of benzene rings is 8. The Bertz CT molecular complexity index is 2280. The molecule has 1 nitrogen and oxygen atoms in total. The van der Waals surface area contributed by atoms with Crippen LogP contribution >= 0.6 is 0 Å². The first-order valence-corrected chi connectivity index (χ1v) is 16.1. The topological polar surface area (TPSA) is 3.24 Å². The molecule has 47 heavy (non-hydrogen) atoms. The average molecular weight is 600 g/mol. The second kappa shape index (κ2) is 12.7. The van der Waals surface area contributed by atoms with Crippen LogP contribution in [0.2, 0.25) is 0 Å². The van der Waals surface area contributed by atoms with E-state index in [2.05, 4.69) is 205 Å². The zero-order valence-corrected chi connectivity index (χ0v) is 26.0.